The molecule has 2 N–H and O–H groups in total. The van der Waals surface area contributed by atoms with Gasteiger partial charge in [-0.2, -0.15) is 0 Å². The van der Waals surface area contributed by atoms with Crippen LogP contribution < -0.4 is 20.3 Å². The van der Waals surface area contributed by atoms with Crippen molar-refractivity contribution >= 4 is 40.0 Å². The Balaban J connectivity index is 1.72. The number of ether oxygens (including phenoxy) is 1. The minimum absolute atomic E-state index is 0.0574. The lowest BCUT2D eigenvalue weighted by Gasteiger charge is -2.26. The average molecular weight is 546 g/mol. The summed E-state index contributed by atoms with van der Waals surface area (Å²) in [6.45, 7) is 6.63. The summed E-state index contributed by atoms with van der Waals surface area (Å²) in [6, 6.07) is 10.9. The molecule has 1 amide bonds. The van der Waals surface area contributed by atoms with Crippen LogP contribution in [0.3, 0.4) is 0 Å². The van der Waals surface area contributed by atoms with E-state index in [0.717, 1.165) is 24.3 Å². The van der Waals surface area contributed by atoms with Crippen LogP contribution in [-0.4, -0.2) is 71.7 Å². The molecule has 0 spiro atoms. The van der Waals surface area contributed by atoms with Crippen molar-refractivity contribution in [2.24, 2.45) is 0 Å². The van der Waals surface area contributed by atoms with Crippen LogP contribution in [0.1, 0.15) is 29.8 Å². The van der Waals surface area contributed by atoms with Gasteiger partial charge < -0.3 is 29.7 Å². The van der Waals surface area contributed by atoms with Crippen molar-refractivity contribution in [3.63, 3.8) is 0 Å². The lowest BCUT2D eigenvalue weighted by atomic mass is 10.1. The number of methoxy groups -OCH3 is 1. The molecule has 0 bridgehead atoms. The van der Waals surface area contributed by atoms with E-state index in [4.69, 9.17) is 13.8 Å². The van der Waals surface area contributed by atoms with E-state index in [9.17, 15) is 4.79 Å². The Labute approximate surface area is 239 Å². The van der Waals surface area contributed by atoms with Crippen molar-refractivity contribution in [3.05, 3.63) is 61.1 Å². The highest BCUT2D eigenvalue weighted by Crippen LogP contribution is 2.38. The van der Waals surface area contributed by atoms with Gasteiger partial charge in [-0.3, -0.25) is 4.79 Å². The van der Waals surface area contributed by atoms with Gasteiger partial charge in [0.05, 0.1) is 40.9 Å². The van der Waals surface area contributed by atoms with Crippen LogP contribution in [0.4, 0.5) is 23.0 Å². The van der Waals surface area contributed by atoms with Gasteiger partial charge in [-0.15, -0.1) is 0 Å². The molecular formula is C30H38N8O2. The van der Waals surface area contributed by atoms with Crippen LogP contribution in [0.25, 0.3) is 22.3 Å². The number of nitrogens with one attached hydrogen (secondary N) is 2. The average Bonchev–Trinajstić information content (AvgIpc) is 3.36. The zero-order chi connectivity index (χ0) is 31.5. The highest BCUT2D eigenvalue weighted by molar-refractivity contribution is 6.02. The van der Waals surface area contributed by atoms with Gasteiger partial charge in [0.25, 0.3) is 0 Å². The highest BCUT2D eigenvalue weighted by Gasteiger charge is 2.17. The van der Waals surface area contributed by atoms with Crippen LogP contribution in [0, 0.1) is 6.85 Å². The Bertz CT molecular complexity index is 1630. The molecule has 4 rings (SSSR count). The topological polar surface area (TPSA) is 100 Å². The van der Waals surface area contributed by atoms with Gasteiger partial charge in [0.2, 0.25) is 11.9 Å². The summed E-state index contributed by atoms with van der Waals surface area (Å²) in [6.07, 6.45) is 2.86. The molecule has 0 unspecified atom stereocenters. The molecule has 0 aliphatic heterocycles. The molecule has 2 heterocycles. The third-order valence-corrected chi connectivity index (χ3v) is 6.46. The fourth-order valence-electron chi connectivity index (χ4n) is 4.38. The molecule has 0 aliphatic carbocycles. The van der Waals surface area contributed by atoms with Gasteiger partial charge in [0, 0.05) is 48.1 Å². The molecule has 40 heavy (non-hydrogen) atoms. The number of carbonyl (C=O) groups excluding carboxylic acids is 1. The van der Waals surface area contributed by atoms with E-state index >= 15 is 0 Å². The molecule has 4 aromatic rings. The Morgan fingerprint density at radius 3 is 2.62 bits per heavy atom. The second-order valence-corrected chi connectivity index (χ2v) is 9.98. The molecule has 0 radical (unpaired) electrons. The SMILES string of the molecule is [2H]C([2H])([2H])c1nc2ccc(-c3ccnc(Nc4cc(NC(=O)C=C)c(N(C)CCN(C)C)cc4OC)n3)cc2n1C(C)C. The third kappa shape index (κ3) is 6.23. The molecule has 10 heteroatoms. The Morgan fingerprint density at radius 1 is 1.15 bits per heavy atom. The summed E-state index contributed by atoms with van der Waals surface area (Å²) in [7, 11) is 7.53. The monoisotopic (exact) mass is 545 g/mol. The van der Waals surface area contributed by atoms with Gasteiger partial charge in [-0.05, 0) is 65.1 Å². The summed E-state index contributed by atoms with van der Waals surface area (Å²) in [4.78, 5) is 29.9. The molecule has 210 valence electrons. The van der Waals surface area contributed by atoms with Crippen LogP contribution in [0.5, 0.6) is 5.75 Å². The normalized spacial score (nSPS) is 12.7. The van der Waals surface area contributed by atoms with Gasteiger partial charge in [-0.25, -0.2) is 15.0 Å². The summed E-state index contributed by atoms with van der Waals surface area (Å²) in [5, 5.41) is 6.12. The Hall–Kier alpha value is -4.44. The first-order valence-electron chi connectivity index (χ1n) is 14.5. The van der Waals surface area contributed by atoms with E-state index in [1.165, 1.54) is 6.08 Å². The van der Waals surface area contributed by atoms with Crippen molar-refractivity contribution in [2.75, 3.05) is 56.9 Å². The van der Waals surface area contributed by atoms with Crippen molar-refractivity contribution in [1.82, 2.24) is 24.4 Å². The molecule has 0 fully saturated rings. The maximum atomic E-state index is 12.3. The first-order valence-corrected chi connectivity index (χ1v) is 13.0. The molecule has 10 nitrogen and oxygen atoms in total. The van der Waals surface area contributed by atoms with E-state index < -0.39 is 6.85 Å². The number of aromatic nitrogens is 4. The number of rotatable bonds is 11. The van der Waals surface area contributed by atoms with Crippen LogP contribution in [-0.2, 0) is 4.79 Å². The van der Waals surface area contributed by atoms with E-state index in [2.05, 4.69) is 32.1 Å². The third-order valence-electron chi connectivity index (χ3n) is 6.46. The molecule has 0 atom stereocenters. The highest BCUT2D eigenvalue weighted by atomic mass is 16.5. The van der Waals surface area contributed by atoms with Gasteiger partial charge in [0.1, 0.15) is 11.6 Å². The Morgan fingerprint density at radius 2 is 1.95 bits per heavy atom. The standard InChI is InChI=1S/C30H38N8O2/c1-9-29(39)33-24-17-25(28(40-8)18-26(24)37(7)15-14-36(5)6)35-30-31-13-12-22(34-30)21-10-11-23-27(16-21)38(19(2)3)20(4)32-23/h9-13,16-19H,1,14-15H2,2-8H3,(H,33,39)(H,31,34,35)/i4D3. The van der Waals surface area contributed by atoms with Gasteiger partial charge >= 0.3 is 0 Å². The number of likely N-dealkylation sites (N-methyl/N-ethyl adjacent to an activating group) is 2. The number of anilines is 4. The van der Waals surface area contributed by atoms with Gasteiger partial charge in [0.15, 0.2) is 0 Å². The Kier molecular flexibility index (Phi) is 7.48. The fraction of sp³-hybridized carbons (Fsp3) is 0.333. The van der Waals surface area contributed by atoms with E-state index in [0.29, 0.717) is 39.8 Å². The minimum atomic E-state index is -2.34. The number of carbonyl (C=O) groups is 1. The van der Waals surface area contributed by atoms with Crippen LogP contribution in [0.2, 0.25) is 0 Å². The molecule has 0 aliphatic rings. The van der Waals surface area contributed by atoms with E-state index in [1.807, 2.05) is 58.1 Å². The zero-order valence-electron chi connectivity index (χ0n) is 26.8. The van der Waals surface area contributed by atoms with Crippen molar-refractivity contribution in [2.45, 2.75) is 26.7 Å². The lowest BCUT2D eigenvalue weighted by molar-refractivity contribution is -0.111. The smallest absolute Gasteiger partial charge is 0.247 e. The second kappa shape index (κ2) is 12.2. The number of benzene rings is 2. The number of nitrogens with zero attached hydrogens (tertiary/aromatic N) is 6. The maximum Gasteiger partial charge on any atom is 0.247 e. The molecule has 2 aromatic heterocycles. The number of hydrogen-bond acceptors (Lipinski definition) is 8. The number of amides is 1. The summed E-state index contributed by atoms with van der Waals surface area (Å²) in [5.41, 5.74) is 4.63. The second-order valence-electron chi connectivity index (χ2n) is 9.98. The molecular weight excluding hydrogens is 504 g/mol. The number of fused-ring (bicyclic) bond motifs is 1. The number of imidazole rings is 1. The predicted molar refractivity (Wildman–Crippen MR) is 163 cm³/mol. The van der Waals surface area contributed by atoms with Crippen LogP contribution >= 0.6 is 0 Å². The summed E-state index contributed by atoms with van der Waals surface area (Å²) in [5.74, 6) is 0.569. The van der Waals surface area contributed by atoms with Crippen molar-refractivity contribution in [1.29, 1.82) is 0 Å². The van der Waals surface area contributed by atoms with E-state index in [-0.39, 0.29) is 17.8 Å². The molecule has 0 saturated carbocycles. The minimum Gasteiger partial charge on any atom is -0.494 e. The molecule has 0 saturated heterocycles. The lowest BCUT2D eigenvalue weighted by Crippen LogP contribution is -2.29. The number of aryl methyl sites for hydroxylation is 1. The largest absolute Gasteiger partial charge is 0.494 e. The van der Waals surface area contributed by atoms with Crippen LogP contribution in [0.15, 0.2) is 55.3 Å². The fourth-order valence-corrected chi connectivity index (χ4v) is 4.38. The number of hydrogen-bond donors (Lipinski definition) is 2. The first-order chi connectivity index (χ1) is 20.3. The van der Waals surface area contributed by atoms with Crippen molar-refractivity contribution < 1.29 is 13.6 Å². The summed E-state index contributed by atoms with van der Waals surface area (Å²) < 4.78 is 31.3. The maximum absolute atomic E-state index is 12.3. The van der Waals surface area contributed by atoms with Crippen molar-refractivity contribution in [3.8, 4) is 17.0 Å². The predicted octanol–water partition coefficient (Wildman–Crippen LogP) is 5.26. The molecule has 2 aromatic carbocycles. The first kappa shape index (κ1) is 24.6. The zero-order valence-corrected chi connectivity index (χ0v) is 23.8. The quantitative estimate of drug-likeness (QED) is 0.246. The van der Waals surface area contributed by atoms with Gasteiger partial charge in [-0.1, -0.05) is 12.6 Å². The summed E-state index contributed by atoms with van der Waals surface area (Å²) >= 11 is 0. The van der Waals surface area contributed by atoms with E-state index in [1.54, 1.807) is 36.1 Å².